The molecule has 1 aliphatic rings. The van der Waals surface area contributed by atoms with Crippen molar-refractivity contribution in [1.82, 2.24) is 9.97 Å². The van der Waals surface area contributed by atoms with Crippen LogP contribution in [0.3, 0.4) is 0 Å². The minimum absolute atomic E-state index is 0.0699. The molecule has 7 heteroatoms. The zero-order valence-corrected chi connectivity index (χ0v) is 14.0. The number of rotatable bonds is 3. The number of aryl methyl sites for hydroxylation is 1. The SMILES string of the molecule is Cc1csc(Cc2nc(-c3ccc4c(c3)NC(=O)CO4)cs2)n1. The number of ether oxygens (including phenoxy) is 1. The Morgan fingerprint density at radius 3 is 2.87 bits per heavy atom. The second-order valence-corrected chi connectivity index (χ2v) is 7.12. The third-order valence-corrected chi connectivity index (χ3v) is 5.24. The van der Waals surface area contributed by atoms with Crippen LogP contribution in [0.5, 0.6) is 5.75 Å². The van der Waals surface area contributed by atoms with Gasteiger partial charge in [0.2, 0.25) is 0 Å². The average molecular weight is 343 g/mol. The maximum atomic E-state index is 11.4. The molecule has 1 aliphatic heterocycles. The van der Waals surface area contributed by atoms with Gasteiger partial charge in [0.1, 0.15) is 10.8 Å². The van der Waals surface area contributed by atoms with E-state index in [9.17, 15) is 4.79 Å². The molecule has 0 fully saturated rings. The van der Waals surface area contributed by atoms with Gasteiger partial charge < -0.3 is 10.1 Å². The molecular weight excluding hydrogens is 330 g/mol. The Labute approximate surface area is 141 Å². The summed E-state index contributed by atoms with van der Waals surface area (Å²) in [7, 11) is 0. The second kappa shape index (κ2) is 5.75. The number of thiazole rings is 2. The lowest BCUT2D eigenvalue weighted by atomic mass is 10.1. The van der Waals surface area contributed by atoms with Gasteiger partial charge in [-0.15, -0.1) is 22.7 Å². The number of aromatic nitrogens is 2. The van der Waals surface area contributed by atoms with Crippen LogP contribution in [0.25, 0.3) is 11.3 Å². The number of carbonyl (C=O) groups is 1. The van der Waals surface area contributed by atoms with E-state index < -0.39 is 0 Å². The van der Waals surface area contributed by atoms with Crippen molar-refractivity contribution >= 4 is 34.3 Å². The summed E-state index contributed by atoms with van der Waals surface area (Å²) < 4.78 is 5.38. The van der Waals surface area contributed by atoms with E-state index in [1.807, 2.05) is 30.5 Å². The quantitative estimate of drug-likeness (QED) is 0.790. The molecule has 3 aromatic rings. The van der Waals surface area contributed by atoms with Gasteiger partial charge >= 0.3 is 0 Å². The molecule has 5 nitrogen and oxygen atoms in total. The molecule has 1 amide bonds. The molecular formula is C16H13N3O2S2. The van der Waals surface area contributed by atoms with Crippen molar-refractivity contribution in [3.8, 4) is 17.0 Å². The smallest absolute Gasteiger partial charge is 0.262 e. The van der Waals surface area contributed by atoms with Crippen LogP contribution in [-0.2, 0) is 11.2 Å². The van der Waals surface area contributed by atoms with Gasteiger partial charge in [0.05, 0.1) is 22.8 Å². The molecule has 1 aromatic carbocycles. The number of hydrogen-bond donors (Lipinski definition) is 1. The number of carbonyl (C=O) groups excluding carboxylic acids is 1. The molecule has 1 N–H and O–H groups in total. The Hall–Kier alpha value is -2.25. The van der Waals surface area contributed by atoms with Crippen molar-refractivity contribution in [3.63, 3.8) is 0 Å². The highest BCUT2D eigenvalue weighted by atomic mass is 32.1. The highest BCUT2D eigenvalue weighted by molar-refractivity contribution is 7.11. The fraction of sp³-hybridized carbons (Fsp3) is 0.188. The number of benzene rings is 1. The first kappa shape index (κ1) is 14.3. The first-order valence-electron chi connectivity index (χ1n) is 7.10. The van der Waals surface area contributed by atoms with Crippen molar-refractivity contribution in [3.05, 3.63) is 44.7 Å². The summed E-state index contributed by atoms with van der Waals surface area (Å²) in [6, 6.07) is 5.73. The summed E-state index contributed by atoms with van der Waals surface area (Å²) in [5, 5.41) is 9.02. The zero-order valence-electron chi connectivity index (χ0n) is 12.3. The minimum Gasteiger partial charge on any atom is -0.482 e. The number of amides is 1. The van der Waals surface area contributed by atoms with Gasteiger partial charge in [-0.05, 0) is 25.1 Å². The summed E-state index contributed by atoms with van der Waals surface area (Å²) in [4.78, 5) is 20.6. The van der Waals surface area contributed by atoms with Gasteiger partial charge in [0.15, 0.2) is 6.61 Å². The van der Waals surface area contributed by atoms with Crippen LogP contribution in [0.2, 0.25) is 0 Å². The van der Waals surface area contributed by atoms with E-state index in [0.717, 1.165) is 33.4 Å². The van der Waals surface area contributed by atoms with E-state index in [1.54, 1.807) is 22.7 Å². The first-order chi connectivity index (χ1) is 11.2. The van der Waals surface area contributed by atoms with Crippen LogP contribution >= 0.6 is 22.7 Å². The van der Waals surface area contributed by atoms with Crippen LogP contribution in [0.1, 0.15) is 15.7 Å². The molecule has 4 rings (SSSR count). The standard InChI is InChI=1S/C16H13N3O2S2/c1-9-7-22-15(17-9)5-16-19-12(8-23-16)10-2-3-13-11(4-10)18-14(20)6-21-13/h2-4,7-8H,5-6H2,1H3,(H,18,20). The molecule has 0 atom stereocenters. The van der Waals surface area contributed by atoms with Crippen LogP contribution in [0.4, 0.5) is 5.69 Å². The molecule has 3 heterocycles. The largest absolute Gasteiger partial charge is 0.482 e. The van der Waals surface area contributed by atoms with E-state index in [-0.39, 0.29) is 12.5 Å². The maximum absolute atomic E-state index is 11.4. The zero-order chi connectivity index (χ0) is 15.8. The average Bonchev–Trinajstić information content (AvgIpc) is 3.16. The van der Waals surface area contributed by atoms with Crippen LogP contribution in [0.15, 0.2) is 29.0 Å². The lowest BCUT2D eigenvalue weighted by Gasteiger charge is -2.18. The van der Waals surface area contributed by atoms with E-state index >= 15 is 0 Å². The van der Waals surface area contributed by atoms with Crippen LogP contribution in [-0.4, -0.2) is 22.5 Å². The Balaban J connectivity index is 1.59. The summed E-state index contributed by atoms with van der Waals surface area (Å²) in [6.45, 7) is 2.07. The van der Waals surface area contributed by atoms with E-state index in [1.165, 1.54) is 0 Å². The fourth-order valence-corrected chi connectivity index (χ4v) is 4.06. The summed E-state index contributed by atoms with van der Waals surface area (Å²) in [5.41, 5.74) is 3.62. The second-order valence-electron chi connectivity index (χ2n) is 5.23. The predicted molar refractivity (Wildman–Crippen MR) is 91.3 cm³/mol. The van der Waals surface area contributed by atoms with Gasteiger partial charge in [-0.1, -0.05) is 0 Å². The van der Waals surface area contributed by atoms with Gasteiger partial charge in [0, 0.05) is 22.0 Å². The molecule has 0 saturated heterocycles. The van der Waals surface area contributed by atoms with Gasteiger partial charge in [-0.25, -0.2) is 9.97 Å². The van der Waals surface area contributed by atoms with E-state index in [0.29, 0.717) is 11.4 Å². The monoisotopic (exact) mass is 343 g/mol. The topological polar surface area (TPSA) is 64.1 Å². The minimum atomic E-state index is -0.132. The highest BCUT2D eigenvalue weighted by Crippen LogP contribution is 2.33. The van der Waals surface area contributed by atoms with Crippen molar-refractivity contribution in [2.24, 2.45) is 0 Å². The van der Waals surface area contributed by atoms with Crippen molar-refractivity contribution in [2.75, 3.05) is 11.9 Å². The third-order valence-electron chi connectivity index (χ3n) is 3.43. The van der Waals surface area contributed by atoms with E-state index in [2.05, 4.69) is 20.7 Å². The first-order valence-corrected chi connectivity index (χ1v) is 8.86. The maximum Gasteiger partial charge on any atom is 0.262 e. The van der Waals surface area contributed by atoms with Crippen molar-refractivity contribution in [1.29, 1.82) is 0 Å². The number of nitrogens with one attached hydrogen (secondary N) is 1. The van der Waals surface area contributed by atoms with Gasteiger partial charge in [0.25, 0.3) is 5.91 Å². The van der Waals surface area contributed by atoms with Crippen molar-refractivity contribution < 1.29 is 9.53 Å². The highest BCUT2D eigenvalue weighted by Gasteiger charge is 2.17. The number of nitrogens with zero attached hydrogens (tertiary/aromatic N) is 2. The Morgan fingerprint density at radius 1 is 1.22 bits per heavy atom. The Bertz CT molecular complexity index is 885. The van der Waals surface area contributed by atoms with Crippen molar-refractivity contribution in [2.45, 2.75) is 13.3 Å². The normalized spacial score (nSPS) is 13.3. The van der Waals surface area contributed by atoms with Crippen LogP contribution < -0.4 is 10.1 Å². The lowest BCUT2D eigenvalue weighted by molar-refractivity contribution is -0.118. The summed E-state index contributed by atoms with van der Waals surface area (Å²) in [6.07, 6.45) is 0.758. The number of anilines is 1. The third kappa shape index (κ3) is 2.97. The molecule has 0 radical (unpaired) electrons. The van der Waals surface area contributed by atoms with Crippen LogP contribution in [0, 0.1) is 6.92 Å². The fourth-order valence-electron chi connectivity index (χ4n) is 2.38. The molecule has 116 valence electrons. The molecule has 0 saturated carbocycles. The molecule has 0 aliphatic carbocycles. The number of hydrogen-bond acceptors (Lipinski definition) is 6. The molecule has 23 heavy (non-hydrogen) atoms. The Kier molecular flexibility index (Phi) is 3.59. The molecule has 0 unspecified atom stereocenters. The van der Waals surface area contributed by atoms with E-state index in [4.69, 9.17) is 4.74 Å². The molecule has 0 bridgehead atoms. The molecule has 0 spiro atoms. The van der Waals surface area contributed by atoms with Gasteiger partial charge in [-0.3, -0.25) is 4.79 Å². The Morgan fingerprint density at radius 2 is 2.04 bits per heavy atom. The number of fused-ring (bicyclic) bond motifs is 1. The predicted octanol–water partition coefficient (Wildman–Crippen LogP) is 3.50. The summed E-state index contributed by atoms with van der Waals surface area (Å²) in [5.74, 6) is 0.565. The lowest BCUT2D eigenvalue weighted by Crippen LogP contribution is -2.25. The van der Waals surface area contributed by atoms with Gasteiger partial charge in [-0.2, -0.15) is 0 Å². The molecule has 2 aromatic heterocycles. The summed E-state index contributed by atoms with van der Waals surface area (Å²) >= 11 is 3.28.